The first-order valence-corrected chi connectivity index (χ1v) is 7.56. The van der Waals surface area contributed by atoms with Gasteiger partial charge < -0.3 is 10.6 Å². The molecule has 0 saturated carbocycles. The smallest absolute Gasteiger partial charge is 0.125 e. The Kier molecular flexibility index (Phi) is 4.13. The van der Waals surface area contributed by atoms with E-state index in [1.54, 1.807) is 6.07 Å². The molecule has 1 aliphatic heterocycles. The van der Waals surface area contributed by atoms with Crippen molar-refractivity contribution in [2.75, 3.05) is 18.0 Å². The Morgan fingerprint density at radius 2 is 2.05 bits per heavy atom. The van der Waals surface area contributed by atoms with Crippen LogP contribution in [0.25, 0.3) is 0 Å². The molecule has 2 N–H and O–H groups in total. The molecule has 21 heavy (non-hydrogen) atoms. The molecule has 1 heterocycles. The molecule has 0 aliphatic carbocycles. The number of hydrogen-bond acceptors (Lipinski definition) is 2. The number of halogens is 2. The largest absolute Gasteiger partial charge is 0.371 e. The summed E-state index contributed by atoms with van der Waals surface area (Å²) in [5, 5.41) is 0.706. The number of anilines is 1. The highest BCUT2D eigenvalue weighted by molar-refractivity contribution is 6.31. The summed E-state index contributed by atoms with van der Waals surface area (Å²) in [4.78, 5) is 2.20. The molecule has 0 spiro atoms. The average Bonchev–Trinajstić information content (AvgIpc) is 2.87. The first-order chi connectivity index (χ1) is 10.1. The summed E-state index contributed by atoms with van der Waals surface area (Å²) < 4.78 is 13.4. The van der Waals surface area contributed by atoms with Crippen molar-refractivity contribution in [3.8, 4) is 0 Å². The van der Waals surface area contributed by atoms with E-state index in [2.05, 4.69) is 4.90 Å². The molecule has 110 valence electrons. The Hall–Kier alpha value is -1.58. The number of nitrogens with two attached hydrogens (primary N) is 1. The van der Waals surface area contributed by atoms with Crippen molar-refractivity contribution < 1.29 is 4.39 Å². The van der Waals surface area contributed by atoms with Crippen molar-refractivity contribution in [1.82, 2.24) is 0 Å². The lowest BCUT2D eigenvalue weighted by Gasteiger charge is -2.22. The summed E-state index contributed by atoms with van der Waals surface area (Å²) in [5.41, 5.74) is 9.42. The van der Waals surface area contributed by atoms with E-state index in [0.717, 1.165) is 37.2 Å². The molecule has 4 heteroatoms. The third kappa shape index (κ3) is 3.04. The quantitative estimate of drug-likeness (QED) is 0.927. The molecule has 0 fully saturated rings. The molecule has 1 atom stereocenters. The van der Waals surface area contributed by atoms with Gasteiger partial charge in [0.2, 0.25) is 0 Å². The predicted molar refractivity (Wildman–Crippen MR) is 85.3 cm³/mol. The van der Waals surface area contributed by atoms with Gasteiger partial charge in [0, 0.05) is 29.8 Å². The number of rotatable bonds is 4. The first-order valence-electron chi connectivity index (χ1n) is 7.18. The van der Waals surface area contributed by atoms with Crippen molar-refractivity contribution in [3.05, 3.63) is 64.4 Å². The van der Waals surface area contributed by atoms with Crippen LogP contribution in [0.2, 0.25) is 5.02 Å². The summed E-state index contributed by atoms with van der Waals surface area (Å²) in [6, 6.07) is 12.6. The van der Waals surface area contributed by atoms with Gasteiger partial charge in [0.1, 0.15) is 5.82 Å². The molecule has 0 radical (unpaired) electrons. The normalized spacial score (nSPS) is 15.1. The van der Waals surface area contributed by atoms with E-state index in [4.69, 9.17) is 17.3 Å². The topological polar surface area (TPSA) is 29.3 Å². The van der Waals surface area contributed by atoms with E-state index < -0.39 is 0 Å². The van der Waals surface area contributed by atoms with Crippen LogP contribution in [-0.2, 0) is 6.42 Å². The monoisotopic (exact) mass is 304 g/mol. The van der Waals surface area contributed by atoms with Crippen LogP contribution in [0.5, 0.6) is 0 Å². The summed E-state index contributed by atoms with van der Waals surface area (Å²) in [5.74, 6) is -0.184. The molecule has 0 aromatic heterocycles. The van der Waals surface area contributed by atoms with Crippen LogP contribution >= 0.6 is 11.6 Å². The fourth-order valence-electron chi connectivity index (χ4n) is 2.88. The number of fused-ring (bicyclic) bond motifs is 1. The van der Waals surface area contributed by atoms with Gasteiger partial charge in [0.25, 0.3) is 0 Å². The minimum Gasteiger partial charge on any atom is -0.371 e. The van der Waals surface area contributed by atoms with Gasteiger partial charge in [-0.1, -0.05) is 35.9 Å². The zero-order valence-electron chi connectivity index (χ0n) is 11.7. The Morgan fingerprint density at radius 3 is 2.86 bits per heavy atom. The Labute approximate surface area is 129 Å². The second-order valence-electron chi connectivity index (χ2n) is 5.43. The molecule has 2 nitrogen and oxygen atoms in total. The third-order valence-electron chi connectivity index (χ3n) is 4.05. The Morgan fingerprint density at radius 1 is 1.24 bits per heavy atom. The zero-order valence-corrected chi connectivity index (χ0v) is 12.5. The van der Waals surface area contributed by atoms with Crippen molar-refractivity contribution in [1.29, 1.82) is 0 Å². The molecular weight excluding hydrogens is 287 g/mol. The van der Waals surface area contributed by atoms with Crippen LogP contribution < -0.4 is 10.6 Å². The Balaban J connectivity index is 1.67. The predicted octanol–water partition coefficient (Wildman–Crippen LogP) is 3.93. The fraction of sp³-hybridized carbons (Fsp3) is 0.294. The van der Waals surface area contributed by atoms with Gasteiger partial charge in [0.05, 0.1) is 0 Å². The highest BCUT2D eigenvalue weighted by Crippen LogP contribution is 2.30. The highest BCUT2D eigenvalue weighted by Gasteiger charge is 2.20. The molecule has 2 aromatic rings. The zero-order chi connectivity index (χ0) is 14.8. The molecule has 1 unspecified atom stereocenters. The summed E-state index contributed by atoms with van der Waals surface area (Å²) in [6.07, 6.45) is 1.76. The average molecular weight is 305 g/mol. The first kappa shape index (κ1) is 14.4. The van der Waals surface area contributed by atoms with Crippen molar-refractivity contribution in [3.63, 3.8) is 0 Å². The van der Waals surface area contributed by atoms with Gasteiger partial charge in [-0.05, 0) is 42.2 Å². The lowest BCUT2D eigenvalue weighted by molar-refractivity contribution is 0.622. The summed E-state index contributed by atoms with van der Waals surface area (Å²) >= 11 is 6.17. The van der Waals surface area contributed by atoms with Crippen molar-refractivity contribution >= 4 is 17.3 Å². The molecule has 1 aliphatic rings. The van der Waals surface area contributed by atoms with E-state index in [1.165, 1.54) is 11.6 Å². The van der Waals surface area contributed by atoms with Crippen LogP contribution in [0.4, 0.5) is 10.1 Å². The van der Waals surface area contributed by atoms with E-state index >= 15 is 0 Å². The van der Waals surface area contributed by atoms with Gasteiger partial charge in [-0.25, -0.2) is 4.39 Å². The van der Waals surface area contributed by atoms with E-state index in [9.17, 15) is 4.39 Å². The molecule has 0 bridgehead atoms. The molecule has 2 aromatic carbocycles. The number of hydrogen-bond donors (Lipinski definition) is 1. The Bertz CT molecular complexity index is 644. The van der Waals surface area contributed by atoms with Gasteiger partial charge in [0.15, 0.2) is 0 Å². The standard InChI is InChI=1S/C17H18ClFN2/c18-15-4-2-1-3-14(15)16(20)8-10-21-9-7-12-5-6-13(19)11-17(12)21/h1-6,11,16H,7-10,20H2. The second-order valence-corrected chi connectivity index (χ2v) is 5.83. The van der Waals surface area contributed by atoms with E-state index in [0.29, 0.717) is 5.02 Å². The number of nitrogens with zero attached hydrogens (tertiary/aromatic N) is 1. The maximum atomic E-state index is 13.4. The van der Waals surface area contributed by atoms with Gasteiger partial charge >= 0.3 is 0 Å². The van der Waals surface area contributed by atoms with Gasteiger partial charge in [-0.3, -0.25) is 0 Å². The SMILES string of the molecule is NC(CCN1CCc2ccc(F)cc21)c1ccccc1Cl. The lowest BCUT2D eigenvalue weighted by Crippen LogP contribution is -2.25. The maximum absolute atomic E-state index is 13.4. The van der Waals surface area contributed by atoms with Crippen LogP contribution in [0.3, 0.4) is 0 Å². The van der Waals surface area contributed by atoms with Crippen LogP contribution in [0, 0.1) is 5.82 Å². The van der Waals surface area contributed by atoms with Crippen LogP contribution in [0.1, 0.15) is 23.6 Å². The summed E-state index contributed by atoms with van der Waals surface area (Å²) in [7, 11) is 0. The van der Waals surface area contributed by atoms with Gasteiger partial charge in [-0.15, -0.1) is 0 Å². The van der Waals surface area contributed by atoms with Crippen LogP contribution in [-0.4, -0.2) is 13.1 Å². The van der Waals surface area contributed by atoms with Crippen molar-refractivity contribution in [2.45, 2.75) is 18.9 Å². The fourth-order valence-corrected chi connectivity index (χ4v) is 3.15. The molecule has 3 rings (SSSR count). The van der Waals surface area contributed by atoms with Crippen LogP contribution in [0.15, 0.2) is 42.5 Å². The van der Waals surface area contributed by atoms with Gasteiger partial charge in [-0.2, -0.15) is 0 Å². The van der Waals surface area contributed by atoms with Crippen molar-refractivity contribution in [2.24, 2.45) is 5.73 Å². The second kappa shape index (κ2) is 6.04. The molecule has 0 amide bonds. The third-order valence-corrected chi connectivity index (χ3v) is 4.40. The summed E-state index contributed by atoms with van der Waals surface area (Å²) in [6.45, 7) is 1.73. The minimum atomic E-state index is -0.184. The molecule has 0 saturated heterocycles. The van der Waals surface area contributed by atoms with E-state index in [-0.39, 0.29) is 11.9 Å². The number of benzene rings is 2. The minimum absolute atomic E-state index is 0.101. The molecular formula is C17H18ClFN2. The van der Waals surface area contributed by atoms with E-state index in [1.807, 2.05) is 30.3 Å². The maximum Gasteiger partial charge on any atom is 0.125 e. The highest BCUT2D eigenvalue weighted by atomic mass is 35.5. The lowest BCUT2D eigenvalue weighted by atomic mass is 10.0.